The molecule has 0 unspecified atom stereocenters. The molecule has 0 saturated heterocycles. The van der Waals surface area contributed by atoms with Gasteiger partial charge in [-0.05, 0) is 46.2 Å². The van der Waals surface area contributed by atoms with Crippen LogP contribution in [0.5, 0.6) is 5.75 Å². The van der Waals surface area contributed by atoms with Crippen molar-refractivity contribution in [3.05, 3.63) is 65.1 Å². The minimum Gasteiger partial charge on any atom is -0.497 e. The molecule has 0 radical (unpaired) electrons. The smallest absolute Gasteiger partial charge is 0.118 e. The monoisotopic (exact) mass is 312 g/mol. The van der Waals surface area contributed by atoms with Crippen molar-refractivity contribution >= 4 is 26.7 Å². The predicted molar refractivity (Wildman–Crippen MR) is 83.6 cm³/mol. The van der Waals surface area contributed by atoms with Crippen LogP contribution in [0, 0.1) is 0 Å². The lowest BCUT2D eigenvalue weighted by Crippen LogP contribution is -1.84. The summed E-state index contributed by atoms with van der Waals surface area (Å²) in [7, 11) is 1.68. The maximum atomic E-state index is 5.19. The van der Waals surface area contributed by atoms with E-state index in [2.05, 4.69) is 64.5 Å². The molecule has 0 spiro atoms. The third kappa shape index (κ3) is 2.36. The molecule has 0 amide bonds. The molecule has 0 saturated carbocycles. The zero-order chi connectivity index (χ0) is 13.2. The molecule has 2 heteroatoms. The largest absolute Gasteiger partial charge is 0.497 e. The van der Waals surface area contributed by atoms with Crippen LogP contribution < -0.4 is 4.74 Å². The van der Waals surface area contributed by atoms with Crippen LogP contribution in [0.1, 0.15) is 0 Å². The number of rotatable bonds is 2. The van der Waals surface area contributed by atoms with Crippen molar-refractivity contribution in [1.29, 1.82) is 0 Å². The minimum absolute atomic E-state index is 0.876. The van der Waals surface area contributed by atoms with Crippen molar-refractivity contribution in [2.24, 2.45) is 0 Å². The topological polar surface area (TPSA) is 9.23 Å². The van der Waals surface area contributed by atoms with Crippen LogP contribution in [0.25, 0.3) is 21.9 Å². The van der Waals surface area contributed by atoms with Crippen molar-refractivity contribution in [2.75, 3.05) is 7.11 Å². The highest BCUT2D eigenvalue weighted by Gasteiger charge is 2.05. The van der Waals surface area contributed by atoms with Gasteiger partial charge in [-0.25, -0.2) is 0 Å². The molecule has 19 heavy (non-hydrogen) atoms. The fourth-order valence-electron chi connectivity index (χ4n) is 2.20. The predicted octanol–water partition coefficient (Wildman–Crippen LogP) is 5.28. The normalized spacial score (nSPS) is 10.6. The van der Waals surface area contributed by atoms with Crippen molar-refractivity contribution in [3.8, 4) is 16.9 Å². The van der Waals surface area contributed by atoms with Gasteiger partial charge in [0.25, 0.3) is 0 Å². The van der Waals surface area contributed by atoms with Crippen LogP contribution in [0.2, 0.25) is 0 Å². The average molecular weight is 313 g/mol. The number of hydrogen-bond acceptors (Lipinski definition) is 1. The van der Waals surface area contributed by atoms with Crippen LogP contribution in [0.4, 0.5) is 0 Å². The highest BCUT2D eigenvalue weighted by Crippen LogP contribution is 2.33. The lowest BCUT2D eigenvalue weighted by Gasteiger charge is -2.08. The Morgan fingerprint density at radius 2 is 1.47 bits per heavy atom. The molecule has 0 N–H and O–H groups in total. The summed E-state index contributed by atoms with van der Waals surface area (Å²) < 4.78 is 6.30. The Labute approximate surface area is 121 Å². The molecule has 0 aliphatic heterocycles. The fraction of sp³-hybridized carbons (Fsp3) is 0.0588. The van der Waals surface area contributed by atoms with E-state index in [1.54, 1.807) is 7.11 Å². The lowest BCUT2D eigenvalue weighted by atomic mass is 10.0. The van der Waals surface area contributed by atoms with Crippen LogP contribution in [0.3, 0.4) is 0 Å². The number of hydrogen-bond donors (Lipinski definition) is 0. The number of benzene rings is 3. The molecule has 3 aromatic carbocycles. The molecule has 1 nitrogen and oxygen atoms in total. The molecule has 3 rings (SSSR count). The standard InChI is InChI=1S/C17H13BrO/c1-19-15-8-6-12(7-9-15)16-10-13-4-2-3-5-14(13)11-17(16)18/h2-11H,1H3. The van der Waals surface area contributed by atoms with E-state index in [0.29, 0.717) is 0 Å². The molecule has 0 aliphatic carbocycles. The Hall–Kier alpha value is -1.80. The van der Waals surface area contributed by atoms with Gasteiger partial charge in [0.15, 0.2) is 0 Å². The zero-order valence-corrected chi connectivity index (χ0v) is 12.1. The highest BCUT2D eigenvalue weighted by atomic mass is 79.9. The molecule has 0 fully saturated rings. The molecule has 94 valence electrons. The second kappa shape index (κ2) is 5.06. The summed E-state index contributed by atoms with van der Waals surface area (Å²) in [4.78, 5) is 0. The molecule has 0 heterocycles. The molecular weight excluding hydrogens is 300 g/mol. The third-order valence-corrected chi connectivity index (χ3v) is 3.89. The Morgan fingerprint density at radius 1 is 0.842 bits per heavy atom. The van der Waals surface area contributed by atoms with E-state index in [0.717, 1.165) is 10.2 Å². The molecule has 0 aliphatic rings. The summed E-state index contributed by atoms with van der Waals surface area (Å²) in [5, 5.41) is 2.49. The molecule has 3 aromatic rings. The summed E-state index contributed by atoms with van der Waals surface area (Å²) in [6.07, 6.45) is 0. The Balaban J connectivity index is 2.15. The minimum atomic E-state index is 0.876. The molecule has 0 aromatic heterocycles. The van der Waals surface area contributed by atoms with Crippen molar-refractivity contribution in [2.45, 2.75) is 0 Å². The number of halogens is 1. The average Bonchev–Trinajstić information content (AvgIpc) is 2.47. The van der Waals surface area contributed by atoms with Gasteiger partial charge in [0.2, 0.25) is 0 Å². The first-order valence-electron chi connectivity index (χ1n) is 6.10. The third-order valence-electron chi connectivity index (χ3n) is 3.24. The summed E-state index contributed by atoms with van der Waals surface area (Å²) in [5.41, 5.74) is 2.37. The SMILES string of the molecule is COc1ccc(-c2cc3ccccc3cc2Br)cc1. The number of fused-ring (bicyclic) bond motifs is 1. The van der Waals surface area contributed by atoms with Crippen molar-refractivity contribution in [1.82, 2.24) is 0 Å². The Kier molecular flexibility index (Phi) is 3.26. The summed E-state index contributed by atoms with van der Waals surface area (Å²) in [6, 6.07) is 20.9. The lowest BCUT2D eigenvalue weighted by molar-refractivity contribution is 0.415. The van der Waals surface area contributed by atoms with E-state index in [1.165, 1.54) is 21.9 Å². The van der Waals surface area contributed by atoms with Crippen LogP contribution in [-0.2, 0) is 0 Å². The fourth-order valence-corrected chi connectivity index (χ4v) is 2.79. The van der Waals surface area contributed by atoms with Gasteiger partial charge >= 0.3 is 0 Å². The first-order chi connectivity index (χ1) is 9.28. The Bertz CT molecular complexity index is 717. The van der Waals surface area contributed by atoms with E-state index in [-0.39, 0.29) is 0 Å². The van der Waals surface area contributed by atoms with Crippen LogP contribution >= 0.6 is 15.9 Å². The van der Waals surface area contributed by atoms with Gasteiger partial charge in [-0.1, -0.05) is 52.3 Å². The summed E-state index contributed by atoms with van der Waals surface area (Å²) in [6.45, 7) is 0. The van der Waals surface area contributed by atoms with Gasteiger partial charge < -0.3 is 4.74 Å². The van der Waals surface area contributed by atoms with Crippen molar-refractivity contribution < 1.29 is 4.74 Å². The van der Waals surface area contributed by atoms with Crippen molar-refractivity contribution in [3.63, 3.8) is 0 Å². The quantitative estimate of drug-likeness (QED) is 0.625. The Morgan fingerprint density at radius 3 is 2.11 bits per heavy atom. The van der Waals surface area contributed by atoms with E-state index in [4.69, 9.17) is 4.74 Å². The first-order valence-corrected chi connectivity index (χ1v) is 6.90. The van der Waals surface area contributed by atoms with Gasteiger partial charge in [0.1, 0.15) is 5.75 Å². The summed E-state index contributed by atoms with van der Waals surface area (Å²) in [5.74, 6) is 0.876. The molecule has 0 bridgehead atoms. The summed E-state index contributed by atoms with van der Waals surface area (Å²) >= 11 is 3.66. The maximum absolute atomic E-state index is 5.19. The zero-order valence-electron chi connectivity index (χ0n) is 10.6. The number of methoxy groups -OCH3 is 1. The number of ether oxygens (including phenoxy) is 1. The van der Waals surface area contributed by atoms with Gasteiger partial charge in [0.05, 0.1) is 7.11 Å². The second-order valence-electron chi connectivity index (χ2n) is 4.41. The first kappa shape index (κ1) is 12.2. The van der Waals surface area contributed by atoms with Crippen LogP contribution in [-0.4, -0.2) is 7.11 Å². The van der Waals surface area contributed by atoms with E-state index >= 15 is 0 Å². The highest BCUT2D eigenvalue weighted by molar-refractivity contribution is 9.10. The van der Waals surface area contributed by atoms with Crippen LogP contribution in [0.15, 0.2) is 65.1 Å². The molecular formula is C17H13BrO. The van der Waals surface area contributed by atoms with E-state index in [9.17, 15) is 0 Å². The van der Waals surface area contributed by atoms with Gasteiger partial charge in [-0.15, -0.1) is 0 Å². The maximum Gasteiger partial charge on any atom is 0.118 e. The van der Waals surface area contributed by atoms with Gasteiger partial charge in [-0.3, -0.25) is 0 Å². The second-order valence-corrected chi connectivity index (χ2v) is 5.26. The van der Waals surface area contributed by atoms with E-state index < -0.39 is 0 Å². The molecule has 0 atom stereocenters. The van der Waals surface area contributed by atoms with E-state index in [1.807, 2.05) is 12.1 Å². The van der Waals surface area contributed by atoms with Gasteiger partial charge in [0, 0.05) is 4.47 Å². The van der Waals surface area contributed by atoms with Gasteiger partial charge in [-0.2, -0.15) is 0 Å².